The molecule has 0 bridgehead atoms. The quantitative estimate of drug-likeness (QED) is 0.528. The molecule has 0 amide bonds. The first kappa shape index (κ1) is 23.8. The van der Waals surface area contributed by atoms with Gasteiger partial charge in [-0.3, -0.25) is 0 Å². The number of alkyl halides is 3. The average molecular weight is 508 g/mol. The molecular formula is C23H25ClF3N7O. The number of hydrogen-bond acceptors (Lipinski definition) is 8. The maximum atomic E-state index is 13.7. The van der Waals surface area contributed by atoms with Gasteiger partial charge in [-0.05, 0) is 69.7 Å². The lowest BCUT2D eigenvalue weighted by atomic mass is 9.97. The fourth-order valence-corrected chi connectivity index (χ4v) is 4.89. The van der Waals surface area contributed by atoms with Crippen LogP contribution in [0.3, 0.4) is 0 Å². The Kier molecular flexibility index (Phi) is 6.30. The Morgan fingerprint density at radius 1 is 1.09 bits per heavy atom. The number of benzene rings is 1. The van der Waals surface area contributed by atoms with Crippen molar-refractivity contribution < 1.29 is 17.6 Å². The van der Waals surface area contributed by atoms with E-state index >= 15 is 0 Å². The normalized spacial score (nSPS) is 18.3. The van der Waals surface area contributed by atoms with E-state index in [-0.39, 0.29) is 22.4 Å². The van der Waals surface area contributed by atoms with Gasteiger partial charge in [0.05, 0.1) is 17.3 Å². The Morgan fingerprint density at radius 2 is 1.86 bits per heavy atom. The summed E-state index contributed by atoms with van der Waals surface area (Å²) in [6.45, 7) is 4.62. The first-order valence-electron chi connectivity index (χ1n) is 11.5. The zero-order valence-corrected chi connectivity index (χ0v) is 20.1. The molecule has 0 radical (unpaired) electrons. The number of piperidine rings is 1. The molecule has 0 aliphatic carbocycles. The summed E-state index contributed by atoms with van der Waals surface area (Å²) in [5.41, 5.74) is 0.370. The largest absolute Gasteiger partial charge is 0.419 e. The minimum atomic E-state index is -4.50. The van der Waals surface area contributed by atoms with E-state index in [0.717, 1.165) is 32.0 Å². The lowest BCUT2D eigenvalue weighted by molar-refractivity contribution is -0.138. The highest BCUT2D eigenvalue weighted by Crippen LogP contribution is 2.41. The number of rotatable bonds is 4. The number of nitrogens with one attached hydrogen (secondary N) is 1. The molecule has 0 spiro atoms. The second-order valence-corrected chi connectivity index (χ2v) is 9.45. The third-order valence-corrected chi connectivity index (χ3v) is 6.93. The minimum Gasteiger partial charge on any atom is -0.419 e. The van der Waals surface area contributed by atoms with Gasteiger partial charge in [-0.2, -0.15) is 13.2 Å². The molecule has 3 aromatic rings. The van der Waals surface area contributed by atoms with E-state index in [1.165, 1.54) is 12.1 Å². The second kappa shape index (κ2) is 9.27. The maximum Gasteiger partial charge on any atom is 0.416 e. The SMILES string of the molecule is C[C@H](c1cc(Cl)ccc1C(F)(F)F)N1CCNc2nnc(-c3nnc(C4CCN(C)CC4)o3)cc21. The zero-order valence-electron chi connectivity index (χ0n) is 19.3. The number of halogens is 4. The Labute approximate surface area is 205 Å². The van der Waals surface area contributed by atoms with Crippen molar-refractivity contribution in [3.8, 4) is 11.6 Å². The molecular weight excluding hydrogens is 483 g/mol. The second-order valence-electron chi connectivity index (χ2n) is 9.01. The summed E-state index contributed by atoms with van der Waals surface area (Å²) in [5, 5.41) is 20.3. The van der Waals surface area contributed by atoms with Gasteiger partial charge in [0.2, 0.25) is 5.89 Å². The van der Waals surface area contributed by atoms with Crippen molar-refractivity contribution in [3.63, 3.8) is 0 Å². The Bertz CT molecular complexity index is 1210. The van der Waals surface area contributed by atoms with E-state index in [2.05, 4.69) is 37.7 Å². The fourth-order valence-electron chi connectivity index (χ4n) is 4.71. The van der Waals surface area contributed by atoms with Crippen molar-refractivity contribution in [2.45, 2.75) is 37.9 Å². The van der Waals surface area contributed by atoms with Crippen molar-refractivity contribution in [2.75, 3.05) is 43.4 Å². The summed E-state index contributed by atoms with van der Waals surface area (Å²) < 4.78 is 47.2. The van der Waals surface area contributed by atoms with Gasteiger partial charge in [0.25, 0.3) is 5.89 Å². The van der Waals surface area contributed by atoms with Crippen LogP contribution in [0.2, 0.25) is 5.02 Å². The number of hydrogen-bond donors (Lipinski definition) is 1. The summed E-state index contributed by atoms with van der Waals surface area (Å²) >= 11 is 6.08. The summed E-state index contributed by atoms with van der Waals surface area (Å²) in [6.07, 6.45) is -2.63. The van der Waals surface area contributed by atoms with Gasteiger partial charge in [0.1, 0.15) is 0 Å². The van der Waals surface area contributed by atoms with Crippen LogP contribution in [0.5, 0.6) is 0 Å². The predicted molar refractivity (Wildman–Crippen MR) is 126 cm³/mol. The molecule has 0 saturated carbocycles. The monoisotopic (exact) mass is 507 g/mol. The molecule has 1 aromatic carbocycles. The maximum absolute atomic E-state index is 13.7. The Hall–Kier alpha value is -2.92. The third-order valence-electron chi connectivity index (χ3n) is 6.69. The van der Waals surface area contributed by atoms with Gasteiger partial charge in [-0.1, -0.05) is 11.6 Å². The van der Waals surface area contributed by atoms with Crippen LogP contribution in [0.1, 0.15) is 48.7 Å². The van der Waals surface area contributed by atoms with Crippen LogP contribution >= 0.6 is 11.6 Å². The lowest BCUT2D eigenvalue weighted by Crippen LogP contribution is -2.37. The van der Waals surface area contributed by atoms with Crippen LogP contribution < -0.4 is 10.2 Å². The molecule has 0 unspecified atom stereocenters. The van der Waals surface area contributed by atoms with Crippen molar-refractivity contribution in [1.29, 1.82) is 0 Å². The minimum absolute atomic E-state index is 0.0959. The van der Waals surface area contributed by atoms with Gasteiger partial charge in [0, 0.05) is 24.0 Å². The molecule has 1 atom stereocenters. The molecule has 1 N–H and O–H groups in total. The average Bonchev–Trinajstić information content (AvgIpc) is 3.33. The smallest absolute Gasteiger partial charge is 0.416 e. The van der Waals surface area contributed by atoms with Crippen molar-refractivity contribution >= 4 is 23.1 Å². The van der Waals surface area contributed by atoms with E-state index in [0.29, 0.717) is 36.2 Å². The molecule has 186 valence electrons. The van der Waals surface area contributed by atoms with E-state index in [1.54, 1.807) is 13.0 Å². The molecule has 35 heavy (non-hydrogen) atoms. The first-order chi connectivity index (χ1) is 16.7. The van der Waals surface area contributed by atoms with Crippen LogP contribution in [0.25, 0.3) is 11.6 Å². The number of anilines is 2. The summed E-state index contributed by atoms with van der Waals surface area (Å²) in [6, 6.07) is 4.76. The van der Waals surface area contributed by atoms with Crippen molar-refractivity contribution in [3.05, 3.63) is 46.3 Å². The molecule has 1 fully saturated rings. The highest BCUT2D eigenvalue weighted by atomic mass is 35.5. The lowest BCUT2D eigenvalue weighted by Gasteiger charge is -2.37. The summed E-state index contributed by atoms with van der Waals surface area (Å²) in [5.74, 6) is 1.49. The predicted octanol–water partition coefficient (Wildman–Crippen LogP) is 5.00. The van der Waals surface area contributed by atoms with Crippen LogP contribution in [0.15, 0.2) is 28.7 Å². The van der Waals surface area contributed by atoms with Crippen LogP contribution in [0.4, 0.5) is 24.7 Å². The van der Waals surface area contributed by atoms with E-state index in [4.69, 9.17) is 16.0 Å². The molecule has 4 heterocycles. The van der Waals surface area contributed by atoms with Gasteiger partial charge in [-0.15, -0.1) is 20.4 Å². The molecule has 2 aliphatic rings. The molecule has 8 nitrogen and oxygen atoms in total. The number of fused-ring (bicyclic) bond motifs is 1. The highest BCUT2D eigenvalue weighted by Gasteiger charge is 2.37. The Balaban J connectivity index is 1.46. The van der Waals surface area contributed by atoms with Gasteiger partial charge >= 0.3 is 6.18 Å². The standard InChI is InChI=1S/C23H25ClF3N7O/c1-13(16-11-15(24)3-4-17(16)23(25,26)27)34-10-7-28-20-19(34)12-18(29-30-20)22-32-31-21(35-22)14-5-8-33(2)9-6-14/h3-4,11-14H,5-10H2,1-2H3,(H,28,30)/t13-/m1/s1. The van der Waals surface area contributed by atoms with Crippen LogP contribution in [-0.2, 0) is 6.18 Å². The summed E-state index contributed by atoms with van der Waals surface area (Å²) in [7, 11) is 2.08. The fraction of sp³-hybridized carbons (Fsp3) is 0.478. The summed E-state index contributed by atoms with van der Waals surface area (Å²) in [4.78, 5) is 4.12. The zero-order chi connectivity index (χ0) is 24.7. The molecule has 12 heteroatoms. The molecule has 5 rings (SSSR count). The third kappa shape index (κ3) is 4.79. The molecule has 2 aliphatic heterocycles. The highest BCUT2D eigenvalue weighted by molar-refractivity contribution is 6.30. The topological polar surface area (TPSA) is 83.2 Å². The first-order valence-corrected chi connectivity index (χ1v) is 11.9. The number of aromatic nitrogens is 4. The molecule has 1 saturated heterocycles. The van der Waals surface area contributed by atoms with E-state index in [1.807, 2.05) is 4.90 Å². The Morgan fingerprint density at radius 3 is 2.60 bits per heavy atom. The number of likely N-dealkylation sites (tertiary alicyclic amines) is 1. The van der Waals surface area contributed by atoms with Gasteiger partial charge < -0.3 is 19.5 Å². The van der Waals surface area contributed by atoms with Gasteiger partial charge in [-0.25, -0.2) is 0 Å². The van der Waals surface area contributed by atoms with E-state index < -0.39 is 17.8 Å². The van der Waals surface area contributed by atoms with Crippen LogP contribution in [0, 0.1) is 0 Å². The van der Waals surface area contributed by atoms with Crippen molar-refractivity contribution in [2.24, 2.45) is 0 Å². The van der Waals surface area contributed by atoms with Crippen LogP contribution in [-0.4, -0.2) is 58.5 Å². The van der Waals surface area contributed by atoms with Gasteiger partial charge in [0.15, 0.2) is 11.5 Å². The van der Waals surface area contributed by atoms with Crippen molar-refractivity contribution in [1.82, 2.24) is 25.3 Å². The van der Waals surface area contributed by atoms with E-state index in [9.17, 15) is 13.2 Å². The number of nitrogens with zero attached hydrogens (tertiary/aromatic N) is 6. The molecule has 2 aromatic heterocycles.